The summed E-state index contributed by atoms with van der Waals surface area (Å²) in [7, 11) is 0. The molecule has 0 unspecified atom stereocenters. The highest BCUT2D eigenvalue weighted by molar-refractivity contribution is 5.90. The SMILES string of the molecule is CC(=O)NCCc1ccc2c(c1)Oc1ccc(N3C[C@H](CNC(C)=O)OC3=O)cc1O2. The normalized spacial score (nSPS) is 16.4. The highest BCUT2D eigenvalue weighted by Gasteiger charge is 2.33. The summed E-state index contributed by atoms with van der Waals surface area (Å²) in [6.45, 7) is 4.04. The smallest absolute Gasteiger partial charge is 0.414 e. The van der Waals surface area contributed by atoms with Crippen LogP contribution in [0.4, 0.5) is 10.5 Å². The fourth-order valence-corrected chi connectivity index (χ4v) is 3.42. The Morgan fingerprint density at radius 3 is 2.35 bits per heavy atom. The minimum Gasteiger partial charge on any atom is -0.450 e. The lowest BCUT2D eigenvalue weighted by Gasteiger charge is -2.23. The molecule has 0 radical (unpaired) electrons. The molecule has 1 fully saturated rings. The van der Waals surface area contributed by atoms with Crippen molar-refractivity contribution in [3.8, 4) is 23.0 Å². The Hall–Kier alpha value is -3.75. The lowest BCUT2D eigenvalue weighted by atomic mass is 10.1. The van der Waals surface area contributed by atoms with Crippen molar-refractivity contribution in [1.29, 1.82) is 0 Å². The van der Waals surface area contributed by atoms with Crippen LogP contribution in [0, 0.1) is 0 Å². The van der Waals surface area contributed by atoms with Crippen molar-refractivity contribution in [1.82, 2.24) is 10.6 Å². The van der Waals surface area contributed by atoms with Crippen molar-refractivity contribution >= 4 is 23.6 Å². The third-order valence-corrected chi connectivity index (χ3v) is 4.93. The van der Waals surface area contributed by atoms with Crippen LogP contribution in [0.25, 0.3) is 0 Å². The Morgan fingerprint density at radius 1 is 0.968 bits per heavy atom. The maximum atomic E-state index is 12.3. The quantitative estimate of drug-likeness (QED) is 0.629. The zero-order valence-electron chi connectivity index (χ0n) is 17.3. The van der Waals surface area contributed by atoms with E-state index in [1.807, 2.05) is 18.2 Å². The lowest BCUT2D eigenvalue weighted by Crippen LogP contribution is -2.33. The molecular weight excluding hydrogens is 402 g/mol. The number of ether oxygens (including phenoxy) is 3. The predicted octanol–water partition coefficient (Wildman–Crippen LogP) is 2.72. The van der Waals surface area contributed by atoms with Crippen molar-refractivity contribution in [2.45, 2.75) is 26.4 Å². The van der Waals surface area contributed by atoms with Gasteiger partial charge in [0.1, 0.15) is 6.10 Å². The third-order valence-electron chi connectivity index (χ3n) is 4.93. The van der Waals surface area contributed by atoms with E-state index >= 15 is 0 Å². The second kappa shape index (κ2) is 8.55. The maximum absolute atomic E-state index is 12.3. The minimum atomic E-state index is -0.476. The van der Waals surface area contributed by atoms with Gasteiger partial charge in [-0.15, -0.1) is 0 Å². The highest BCUT2D eigenvalue weighted by Crippen LogP contribution is 2.47. The monoisotopic (exact) mass is 425 g/mol. The van der Waals surface area contributed by atoms with E-state index in [4.69, 9.17) is 14.2 Å². The summed E-state index contributed by atoms with van der Waals surface area (Å²) in [5.74, 6) is 1.96. The second-order valence-corrected chi connectivity index (χ2v) is 7.40. The number of amides is 3. The van der Waals surface area contributed by atoms with Gasteiger partial charge < -0.3 is 24.8 Å². The molecule has 0 aromatic heterocycles. The average Bonchev–Trinajstić information content (AvgIpc) is 3.10. The molecule has 0 bridgehead atoms. The van der Waals surface area contributed by atoms with Crippen molar-refractivity contribution in [3.05, 3.63) is 42.0 Å². The summed E-state index contributed by atoms with van der Waals surface area (Å²) < 4.78 is 17.3. The van der Waals surface area contributed by atoms with Gasteiger partial charge in [0.05, 0.1) is 18.8 Å². The average molecular weight is 425 g/mol. The minimum absolute atomic E-state index is 0.0643. The van der Waals surface area contributed by atoms with E-state index < -0.39 is 12.2 Å². The summed E-state index contributed by atoms with van der Waals surface area (Å²) in [5, 5.41) is 5.42. The summed E-state index contributed by atoms with van der Waals surface area (Å²) in [6.07, 6.45) is -0.212. The predicted molar refractivity (Wildman–Crippen MR) is 112 cm³/mol. The van der Waals surface area contributed by atoms with E-state index in [1.54, 1.807) is 18.2 Å². The molecule has 2 aliphatic rings. The molecule has 162 valence electrons. The number of carbonyl (C=O) groups excluding carboxylic acids is 3. The molecule has 0 spiro atoms. The van der Waals surface area contributed by atoms with Crippen LogP contribution in [0.1, 0.15) is 19.4 Å². The standard InChI is InChI=1S/C22H23N3O6/c1-13(26)23-8-7-15-3-5-18-20(9-15)30-19-6-4-16(10-21(19)31-18)25-12-17(29-22(25)28)11-24-14(2)27/h3-6,9-10,17H,7-8,11-12H2,1-2H3,(H,23,26)(H,24,27)/t17-/m0/s1. The van der Waals surface area contributed by atoms with Crippen LogP contribution in [0.5, 0.6) is 23.0 Å². The molecular formula is C22H23N3O6. The first-order chi connectivity index (χ1) is 14.9. The van der Waals surface area contributed by atoms with Gasteiger partial charge in [0.25, 0.3) is 0 Å². The van der Waals surface area contributed by atoms with Gasteiger partial charge in [0.15, 0.2) is 23.0 Å². The molecule has 2 N–H and O–H groups in total. The van der Waals surface area contributed by atoms with E-state index in [0.29, 0.717) is 48.2 Å². The van der Waals surface area contributed by atoms with Crippen molar-refractivity contribution in [2.75, 3.05) is 24.5 Å². The largest absolute Gasteiger partial charge is 0.450 e. The van der Waals surface area contributed by atoms with E-state index in [0.717, 1.165) is 5.56 Å². The molecule has 2 heterocycles. The Morgan fingerprint density at radius 2 is 1.65 bits per heavy atom. The maximum Gasteiger partial charge on any atom is 0.414 e. The molecule has 2 aromatic carbocycles. The molecule has 1 atom stereocenters. The van der Waals surface area contributed by atoms with Crippen LogP contribution in [0.15, 0.2) is 36.4 Å². The van der Waals surface area contributed by atoms with Gasteiger partial charge in [-0.25, -0.2) is 4.79 Å². The van der Waals surface area contributed by atoms with Crippen LogP contribution >= 0.6 is 0 Å². The fourth-order valence-electron chi connectivity index (χ4n) is 3.42. The first kappa shape index (κ1) is 20.5. The van der Waals surface area contributed by atoms with E-state index in [-0.39, 0.29) is 18.4 Å². The first-order valence-corrected chi connectivity index (χ1v) is 9.99. The molecule has 31 heavy (non-hydrogen) atoms. The Labute approximate surface area is 179 Å². The summed E-state index contributed by atoms with van der Waals surface area (Å²) >= 11 is 0. The summed E-state index contributed by atoms with van der Waals surface area (Å²) in [4.78, 5) is 35.9. The third kappa shape index (κ3) is 4.71. The Balaban J connectivity index is 1.45. The van der Waals surface area contributed by atoms with Gasteiger partial charge in [-0.3, -0.25) is 14.5 Å². The number of anilines is 1. The van der Waals surface area contributed by atoms with Crippen LogP contribution < -0.4 is 25.0 Å². The van der Waals surface area contributed by atoms with Gasteiger partial charge in [-0.1, -0.05) is 6.07 Å². The number of nitrogens with zero attached hydrogens (tertiary/aromatic N) is 1. The van der Waals surface area contributed by atoms with Crippen LogP contribution in [0.2, 0.25) is 0 Å². The van der Waals surface area contributed by atoms with Gasteiger partial charge in [-0.2, -0.15) is 0 Å². The lowest BCUT2D eigenvalue weighted by molar-refractivity contribution is -0.120. The topological polar surface area (TPSA) is 106 Å². The molecule has 3 amide bonds. The highest BCUT2D eigenvalue weighted by atomic mass is 16.6. The van der Waals surface area contributed by atoms with E-state index in [1.165, 1.54) is 18.7 Å². The Kier molecular flexibility index (Phi) is 5.66. The fraction of sp³-hybridized carbons (Fsp3) is 0.318. The molecule has 2 aliphatic heterocycles. The van der Waals surface area contributed by atoms with Crippen LogP contribution in [-0.2, 0) is 20.7 Å². The summed E-state index contributed by atoms with van der Waals surface area (Å²) in [5.41, 5.74) is 1.63. The van der Waals surface area contributed by atoms with Crippen LogP contribution in [-0.4, -0.2) is 43.6 Å². The molecule has 0 aliphatic carbocycles. The number of nitrogens with one attached hydrogen (secondary N) is 2. The van der Waals surface area contributed by atoms with Gasteiger partial charge in [0, 0.05) is 26.5 Å². The molecule has 9 heteroatoms. The van der Waals surface area contributed by atoms with Crippen molar-refractivity contribution in [2.24, 2.45) is 0 Å². The van der Waals surface area contributed by atoms with Crippen molar-refractivity contribution in [3.63, 3.8) is 0 Å². The first-order valence-electron chi connectivity index (χ1n) is 9.99. The number of hydrogen-bond acceptors (Lipinski definition) is 6. The number of carbonyl (C=O) groups is 3. The van der Waals surface area contributed by atoms with Gasteiger partial charge >= 0.3 is 6.09 Å². The molecule has 1 saturated heterocycles. The van der Waals surface area contributed by atoms with Crippen molar-refractivity contribution < 1.29 is 28.6 Å². The molecule has 4 rings (SSSR count). The summed E-state index contributed by atoms with van der Waals surface area (Å²) in [6, 6.07) is 10.9. The number of fused-ring (bicyclic) bond motifs is 2. The van der Waals surface area contributed by atoms with Gasteiger partial charge in [0.2, 0.25) is 11.8 Å². The van der Waals surface area contributed by atoms with Gasteiger partial charge in [-0.05, 0) is 36.2 Å². The number of hydrogen-bond donors (Lipinski definition) is 2. The number of benzene rings is 2. The van der Waals surface area contributed by atoms with Crippen LogP contribution in [0.3, 0.4) is 0 Å². The second-order valence-electron chi connectivity index (χ2n) is 7.40. The number of cyclic esters (lactones) is 1. The molecule has 0 saturated carbocycles. The number of rotatable bonds is 6. The Bertz CT molecular complexity index is 1040. The molecule has 2 aromatic rings. The van der Waals surface area contributed by atoms with E-state index in [2.05, 4.69) is 10.6 Å². The zero-order chi connectivity index (χ0) is 22.0. The zero-order valence-corrected chi connectivity index (χ0v) is 17.3. The molecule has 9 nitrogen and oxygen atoms in total. The van der Waals surface area contributed by atoms with E-state index in [9.17, 15) is 14.4 Å².